The molecule has 0 atom stereocenters. The van der Waals surface area contributed by atoms with E-state index in [2.05, 4.69) is 15.2 Å². The van der Waals surface area contributed by atoms with Crippen LogP contribution in [-0.2, 0) is 4.79 Å². The summed E-state index contributed by atoms with van der Waals surface area (Å²) in [5.74, 6) is 1.71. The van der Waals surface area contributed by atoms with E-state index in [4.69, 9.17) is 10.1 Å². The van der Waals surface area contributed by atoms with Gasteiger partial charge >= 0.3 is 0 Å². The number of thioether (sulfide) groups is 1. The van der Waals surface area contributed by atoms with Crippen LogP contribution in [0, 0.1) is 12.3 Å². The van der Waals surface area contributed by atoms with Crippen LogP contribution in [0.1, 0.15) is 19.5 Å². The Balaban J connectivity index is 1.70. The molecule has 2 aromatic heterocycles. The minimum absolute atomic E-state index is 0.0368. The maximum Gasteiger partial charge on any atom is 0.233 e. The molecule has 4 rings (SSSR count). The van der Waals surface area contributed by atoms with Gasteiger partial charge in [0.05, 0.1) is 11.1 Å². The highest BCUT2D eigenvalue weighted by Gasteiger charge is 2.18. The molecule has 0 bridgehead atoms. The number of fused-ring (bicyclic) bond motifs is 1. The van der Waals surface area contributed by atoms with Gasteiger partial charge in [0.1, 0.15) is 17.0 Å². The fourth-order valence-electron chi connectivity index (χ4n) is 3.55. The van der Waals surface area contributed by atoms with Crippen molar-refractivity contribution in [2.24, 2.45) is 0 Å². The molecule has 0 aliphatic heterocycles. The predicted molar refractivity (Wildman–Crippen MR) is 129 cm³/mol. The third-order valence-electron chi connectivity index (χ3n) is 5.30. The van der Waals surface area contributed by atoms with Crippen molar-refractivity contribution in [2.75, 3.05) is 18.8 Å². The third-order valence-corrected chi connectivity index (χ3v) is 6.22. The van der Waals surface area contributed by atoms with E-state index in [1.807, 2.05) is 75.4 Å². The van der Waals surface area contributed by atoms with Crippen molar-refractivity contribution >= 4 is 28.7 Å². The zero-order chi connectivity index (χ0) is 23.4. The van der Waals surface area contributed by atoms with Crippen LogP contribution >= 0.6 is 11.8 Å². The van der Waals surface area contributed by atoms with Crippen LogP contribution in [0.25, 0.3) is 16.7 Å². The Kier molecular flexibility index (Phi) is 6.79. The van der Waals surface area contributed by atoms with Gasteiger partial charge in [0.2, 0.25) is 5.91 Å². The number of aromatic amines is 1. The van der Waals surface area contributed by atoms with E-state index in [1.54, 1.807) is 9.47 Å². The monoisotopic (exact) mass is 462 g/mol. The van der Waals surface area contributed by atoms with E-state index >= 15 is 0 Å². The minimum atomic E-state index is 0.0368. The van der Waals surface area contributed by atoms with Gasteiger partial charge < -0.3 is 9.64 Å². The summed E-state index contributed by atoms with van der Waals surface area (Å²) in [6.45, 7) is 7.11. The molecule has 8 nitrogen and oxygen atoms in total. The molecule has 2 heterocycles. The number of hydrogen-bond acceptors (Lipinski definition) is 6. The molecule has 0 aliphatic rings. The molecule has 9 heteroatoms. The summed E-state index contributed by atoms with van der Waals surface area (Å²) in [7, 11) is 0. The van der Waals surface area contributed by atoms with E-state index < -0.39 is 0 Å². The van der Waals surface area contributed by atoms with Crippen LogP contribution in [0.2, 0.25) is 0 Å². The molecular formula is C24H26N6O2S. The molecule has 0 spiro atoms. The smallest absolute Gasteiger partial charge is 0.233 e. The molecule has 0 saturated carbocycles. The van der Waals surface area contributed by atoms with Gasteiger partial charge in [-0.15, -0.1) is 0 Å². The van der Waals surface area contributed by atoms with Crippen LogP contribution in [0.15, 0.2) is 59.8 Å². The summed E-state index contributed by atoms with van der Waals surface area (Å²) in [4.78, 5) is 19.0. The van der Waals surface area contributed by atoms with Crippen molar-refractivity contribution in [1.29, 1.82) is 5.41 Å². The number of hydrogen-bond donors (Lipinski definition) is 2. The zero-order valence-corrected chi connectivity index (χ0v) is 19.6. The number of benzene rings is 2. The van der Waals surface area contributed by atoms with Crippen molar-refractivity contribution in [3.05, 3.63) is 65.8 Å². The van der Waals surface area contributed by atoms with Crippen LogP contribution in [-0.4, -0.2) is 49.4 Å². The SMILES string of the molecule is CCN(CC)C(=O)CSc1nc2n[nH]c(C)c2c(=N)n1-c1ccc(Oc2ccccc2)cc1. The first-order valence-electron chi connectivity index (χ1n) is 10.8. The number of aryl methyl sites for hydroxylation is 1. The number of nitrogens with zero attached hydrogens (tertiary/aromatic N) is 4. The van der Waals surface area contributed by atoms with E-state index in [9.17, 15) is 4.79 Å². The topological polar surface area (TPSA) is 99.9 Å². The highest BCUT2D eigenvalue weighted by molar-refractivity contribution is 7.99. The number of para-hydroxylation sites is 1. The second kappa shape index (κ2) is 9.91. The average molecular weight is 463 g/mol. The quantitative estimate of drug-likeness (QED) is 0.301. The fourth-order valence-corrected chi connectivity index (χ4v) is 4.46. The lowest BCUT2D eigenvalue weighted by Gasteiger charge is -2.19. The van der Waals surface area contributed by atoms with Crippen LogP contribution < -0.4 is 10.2 Å². The molecule has 0 unspecified atom stereocenters. The molecule has 170 valence electrons. The Labute approximate surface area is 196 Å². The van der Waals surface area contributed by atoms with Gasteiger partial charge in [0.15, 0.2) is 10.8 Å². The average Bonchev–Trinajstić information content (AvgIpc) is 3.20. The van der Waals surface area contributed by atoms with E-state index in [1.165, 1.54) is 11.8 Å². The molecule has 0 fully saturated rings. The van der Waals surface area contributed by atoms with E-state index in [0.29, 0.717) is 35.0 Å². The number of carbonyl (C=O) groups excluding carboxylic acids is 1. The molecule has 2 aromatic carbocycles. The second-order valence-corrected chi connectivity index (χ2v) is 8.33. The highest BCUT2D eigenvalue weighted by Crippen LogP contribution is 2.25. The standard InChI is InChI=1S/C24H26N6O2S/c1-4-29(5-2)20(31)15-33-24-26-23-21(16(3)27-28-23)22(25)30(24)17-11-13-19(14-12-17)32-18-9-7-6-8-10-18/h6-14,25H,4-5,15H2,1-3H3,(H,27,28). The molecule has 4 aromatic rings. The van der Waals surface area contributed by atoms with Gasteiger partial charge in [0, 0.05) is 24.5 Å². The van der Waals surface area contributed by atoms with Gasteiger partial charge in [0.25, 0.3) is 0 Å². The maximum atomic E-state index is 12.6. The lowest BCUT2D eigenvalue weighted by molar-refractivity contribution is -0.127. The van der Waals surface area contributed by atoms with Gasteiger partial charge in [-0.1, -0.05) is 30.0 Å². The summed E-state index contributed by atoms with van der Waals surface area (Å²) in [6.07, 6.45) is 0. The summed E-state index contributed by atoms with van der Waals surface area (Å²) in [6, 6.07) is 17.1. The van der Waals surface area contributed by atoms with Gasteiger partial charge in [-0.2, -0.15) is 5.10 Å². The molecule has 1 amide bonds. The fraction of sp³-hybridized carbons (Fsp3) is 0.250. The predicted octanol–water partition coefficient (Wildman–Crippen LogP) is 4.29. The minimum Gasteiger partial charge on any atom is -0.457 e. The molecule has 0 radical (unpaired) electrons. The first-order valence-corrected chi connectivity index (χ1v) is 11.8. The molecular weight excluding hydrogens is 436 g/mol. The number of ether oxygens (including phenoxy) is 1. The number of aromatic nitrogens is 4. The van der Waals surface area contributed by atoms with Crippen molar-refractivity contribution in [3.8, 4) is 17.2 Å². The number of rotatable bonds is 8. The number of carbonyl (C=O) groups is 1. The third kappa shape index (κ3) is 4.78. The summed E-state index contributed by atoms with van der Waals surface area (Å²) >= 11 is 1.31. The van der Waals surface area contributed by atoms with E-state index in [0.717, 1.165) is 17.1 Å². The maximum absolute atomic E-state index is 12.6. The molecule has 2 N–H and O–H groups in total. The van der Waals surface area contributed by atoms with Crippen molar-refractivity contribution in [1.82, 2.24) is 24.6 Å². The number of H-pyrrole nitrogens is 1. The Morgan fingerprint density at radius 1 is 1.09 bits per heavy atom. The number of amides is 1. The van der Waals surface area contributed by atoms with Gasteiger partial charge in [-0.05, 0) is 57.2 Å². The Hall–Kier alpha value is -3.59. The largest absolute Gasteiger partial charge is 0.457 e. The van der Waals surface area contributed by atoms with Gasteiger partial charge in [-0.25, -0.2) is 4.98 Å². The van der Waals surface area contributed by atoms with Crippen LogP contribution in [0.5, 0.6) is 11.5 Å². The Bertz CT molecular complexity index is 1310. The molecule has 0 saturated heterocycles. The normalized spacial score (nSPS) is 11.0. The molecule has 33 heavy (non-hydrogen) atoms. The summed E-state index contributed by atoms with van der Waals surface area (Å²) < 4.78 is 7.64. The lowest BCUT2D eigenvalue weighted by Crippen LogP contribution is -2.32. The number of nitrogens with one attached hydrogen (secondary N) is 2. The zero-order valence-electron chi connectivity index (χ0n) is 18.8. The lowest BCUT2D eigenvalue weighted by atomic mass is 10.2. The van der Waals surface area contributed by atoms with Crippen molar-refractivity contribution < 1.29 is 9.53 Å². The van der Waals surface area contributed by atoms with E-state index in [-0.39, 0.29) is 17.1 Å². The first kappa shape index (κ1) is 22.6. The molecule has 0 aliphatic carbocycles. The Morgan fingerprint density at radius 2 is 1.76 bits per heavy atom. The van der Waals surface area contributed by atoms with Crippen molar-refractivity contribution in [3.63, 3.8) is 0 Å². The van der Waals surface area contributed by atoms with Crippen LogP contribution in [0.3, 0.4) is 0 Å². The Morgan fingerprint density at radius 3 is 2.42 bits per heavy atom. The van der Waals surface area contributed by atoms with Crippen LogP contribution in [0.4, 0.5) is 0 Å². The second-order valence-electron chi connectivity index (χ2n) is 7.39. The highest BCUT2D eigenvalue weighted by atomic mass is 32.2. The van der Waals surface area contributed by atoms with Gasteiger partial charge in [-0.3, -0.25) is 19.9 Å². The first-order chi connectivity index (χ1) is 16.0. The van der Waals surface area contributed by atoms with Crippen molar-refractivity contribution in [2.45, 2.75) is 25.9 Å². The summed E-state index contributed by atoms with van der Waals surface area (Å²) in [5, 5.41) is 17.2. The summed E-state index contributed by atoms with van der Waals surface area (Å²) in [5.41, 5.74) is 2.26.